The van der Waals surface area contributed by atoms with Crippen LogP contribution in [0, 0.1) is 0 Å². The molecule has 0 aromatic carbocycles. The minimum absolute atomic E-state index is 0.270. The van der Waals surface area contributed by atoms with Crippen LogP contribution in [0.15, 0.2) is 23.3 Å². The van der Waals surface area contributed by atoms with Crippen LogP contribution in [0.1, 0.15) is 0 Å². The highest BCUT2D eigenvalue weighted by Gasteiger charge is 2.02. The maximum atomic E-state index is 10.9. The Kier molecular flexibility index (Phi) is 1.70. The Morgan fingerprint density at radius 1 is 1.46 bits per heavy atom. The van der Waals surface area contributed by atoms with E-state index in [0.717, 1.165) is 0 Å². The average Bonchev–Trinajstić information content (AvgIpc) is 2.16. The number of ether oxygens (including phenoxy) is 1. The van der Waals surface area contributed by atoms with Crippen molar-refractivity contribution in [3.63, 3.8) is 0 Å². The Hall–Kier alpha value is -1.91. The van der Waals surface area contributed by atoms with Gasteiger partial charge in [0.25, 0.3) is 5.56 Å². The van der Waals surface area contributed by atoms with Crippen molar-refractivity contribution in [2.45, 2.75) is 0 Å². The molecule has 13 heavy (non-hydrogen) atoms. The average molecular weight is 177 g/mol. The number of aromatic nitrogens is 3. The van der Waals surface area contributed by atoms with Crippen LogP contribution < -0.4 is 10.3 Å². The molecular weight excluding hydrogens is 170 g/mol. The third kappa shape index (κ3) is 1.24. The summed E-state index contributed by atoms with van der Waals surface area (Å²) in [5.74, 6) is 0.598. The molecule has 0 amide bonds. The van der Waals surface area contributed by atoms with Crippen molar-refractivity contribution in [1.29, 1.82) is 0 Å². The maximum absolute atomic E-state index is 10.9. The van der Waals surface area contributed by atoms with E-state index in [1.54, 1.807) is 19.4 Å². The van der Waals surface area contributed by atoms with Crippen molar-refractivity contribution in [3.8, 4) is 5.75 Å². The first kappa shape index (κ1) is 7.72. The molecule has 66 valence electrons. The third-order valence-corrected chi connectivity index (χ3v) is 1.66. The molecular formula is C8H7N3O2. The van der Waals surface area contributed by atoms with Crippen LogP contribution in [0.2, 0.25) is 0 Å². The van der Waals surface area contributed by atoms with E-state index in [2.05, 4.69) is 15.0 Å². The summed E-state index contributed by atoms with van der Waals surface area (Å²) < 4.78 is 5.04. The molecule has 5 nitrogen and oxygen atoms in total. The lowest BCUT2D eigenvalue weighted by Gasteiger charge is -2.01. The molecule has 5 heteroatoms. The molecule has 2 heterocycles. The summed E-state index contributed by atoms with van der Waals surface area (Å²) in [7, 11) is 1.54. The van der Waals surface area contributed by atoms with Crippen molar-refractivity contribution < 1.29 is 4.74 Å². The lowest BCUT2D eigenvalue weighted by atomic mass is 10.4. The van der Waals surface area contributed by atoms with Gasteiger partial charge >= 0.3 is 0 Å². The summed E-state index contributed by atoms with van der Waals surface area (Å²) >= 11 is 0. The van der Waals surface area contributed by atoms with Gasteiger partial charge in [-0.3, -0.25) is 4.79 Å². The number of fused-ring (bicyclic) bond motifs is 1. The van der Waals surface area contributed by atoms with Crippen LogP contribution in [-0.4, -0.2) is 22.1 Å². The van der Waals surface area contributed by atoms with Gasteiger partial charge in [-0.15, -0.1) is 0 Å². The SMILES string of the molecule is COc1ccnc2[nH]c(=O)cnc12. The molecule has 1 N–H and O–H groups in total. The zero-order valence-electron chi connectivity index (χ0n) is 6.94. The second kappa shape index (κ2) is 2.85. The zero-order valence-corrected chi connectivity index (χ0v) is 6.94. The molecule has 0 spiro atoms. The lowest BCUT2D eigenvalue weighted by molar-refractivity contribution is 0.418. The molecule has 0 unspecified atom stereocenters. The summed E-state index contributed by atoms with van der Waals surface area (Å²) in [4.78, 5) is 21.3. The van der Waals surface area contributed by atoms with Gasteiger partial charge in [0, 0.05) is 12.3 Å². The molecule has 2 rings (SSSR count). The predicted octanol–water partition coefficient (Wildman–Crippen LogP) is 0.327. The van der Waals surface area contributed by atoms with Crippen LogP contribution >= 0.6 is 0 Å². The summed E-state index contributed by atoms with van der Waals surface area (Å²) in [6.07, 6.45) is 2.76. The van der Waals surface area contributed by atoms with Gasteiger partial charge in [0.1, 0.15) is 11.3 Å². The molecule has 0 atom stereocenters. The highest BCUT2D eigenvalue weighted by molar-refractivity contribution is 5.76. The summed E-state index contributed by atoms with van der Waals surface area (Å²) in [5.41, 5.74) is 0.727. The minimum atomic E-state index is -0.270. The second-order valence-electron chi connectivity index (χ2n) is 2.46. The van der Waals surface area contributed by atoms with Gasteiger partial charge in [0.05, 0.1) is 13.3 Å². The summed E-state index contributed by atoms with van der Waals surface area (Å²) in [5, 5.41) is 0. The molecule has 2 aromatic heterocycles. The van der Waals surface area contributed by atoms with Gasteiger partial charge in [-0.1, -0.05) is 0 Å². The molecule has 0 saturated heterocycles. The van der Waals surface area contributed by atoms with E-state index in [9.17, 15) is 4.79 Å². The minimum Gasteiger partial charge on any atom is -0.494 e. The molecule has 0 radical (unpaired) electrons. The van der Waals surface area contributed by atoms with E-state index >= 15 is 0 Å². The van der Waals surface area contributed by atoms with Crippen molar-refractivity contribution in [2.24, 2.45) is 0 Å². The van der Waals surface area contributed by atoms with E-state index in [-0.39, 0.29) is 5.56 Å². The fraction of sp³-hybridized carbons (Fsp3) is 0.125. The Morgan fingerprint density at radius 2 is 2.31 bits per heavy atom. The summed E-state index contributed by atoms with van der Waals surface area (Å²) in [6, 6.07) is 1.69. The van der Waals surface area contributed by atoms with Crippen LogP contribution in [0.3, 0.4) is 0 Å². The van der Waals surface area contributed by atoms with E-state index < -0.39 is 0 Å². The number of rotatable bonds is 1. The van der Waals surface area contributed by atoms with Crippen molar-refractivity contribution in [3.05, 3.63) is 28.8 Å². The molecule has 0 saturated carbocycles. The lowest BCUT2D eigenvalue weighted by Crippen LogP contribution is -2.06. The molecule has 0 aliphatic heterocycles. The highest BCUT2D eigenvalue weighted by atomic mass is 16.5. The van der Waals surface area contributed by atoms with E-state index in [1.165, 1.54) is 6.20 Å². The zero-order chi connectivity index (χ0) is 9.26. The number of methoxy groups -OCH3 is 1. The van der Waals surface area contributed by atoms with Crippen LogP contribution in [-0.2, 0) is 0 Å². The van der Waals surface area contributed by atoms with Gasteiger partial charge in [0.2, 0.25) is 0 Å². The third-order valence-electron chi connectivity index (χ3n) is 1.66. The quantitative estimate of drug-likeness (QED) is 0.681. The van der Waals surface area contributed by atoms with Gasteiger partial charge in [0.15, 0.2) is 5.65 Å². The van der Waals surface area contributed by atoms with Gasteiger partial charge in [-0.2, -0.15) is 0 Å². The van der Waals surface area contributed by atoms with E-state index in [0.29, 0.717) is 16.9 Å². The van der Waals surface area contributed by atoms with E-state index in [4.69, 9.17) is 4.74 Å². The fourth-order valence-electron chi connectivity index (χ4n) is 1.09. The van der Waals surface area contributed by atoms with Crippen LogP contribution in [0.4, 0.5) is 0 Å². The number of nitrogens with zero attached hydrogens (tertiary/aromatic N) is 2. The van der Waals surface area contributed by atoms with Crippen LogP contribution in [0.5, 0.6) is 5.75 Å². The highest BCUT2D eigenvalue weighted by Crippen LogP contribution is 2.17. The summed E-state index contributed by atoms with van der Waals surface area (Å²) in [6.45, 7) is 0. The Morgan fingerprint density at radius 3 is 3.08 bits per heavy atom. The number of hydrogen-bond acceptors (Lipinski definition) is 4. The molecule has 0 aliphatic carbocycles. The Balaban J connectivity index is 2.85. The smallest absolute Gasteiger partial charge is 0.268 e. The fourth-order valence-corrected chi connectivity index (χ4v) is 1.09. The standard InChI is InChI=1S/C8H7N3O2/c1-13-5-2-3-9-8-7(5)10-4-6(12)11-8/h2-4H,1H3,(H,9,11,12). The predicted molar refractivity (Wildman–Crippen MR) is 46.7 cm³/mol. The largest absolute Gasteiger partial charge is 0.494 e. The number of hydrogen-bond donors (Lipinski definition) is 1. The number of nitrogens with one attached hydrogen (secondary N) is 1. The van der Waals surface area contributed by atoms with Crippen molar-refractivity contribution in [1.82, 2.24) is 15.0 Å². The first-order chi connectivity index (χ1) is 6.31. The first-order valence-electron chi connectivity index (χ1n) is 3.69. The van der Waals surface area contributed by atoms with Crippen molar-refractivity contribution in [2.75, 3.05) is 7.11 Å². The number of H-pyrrole nitrogens is 1. The maximum Gasteiger partial charge on any atom is 0.268 e. The Labute approximate surface area is 73.4 Å². The molecule has 2 aromatic rings. The molecule has 0 bridgehead atoms. The van der Waals surface area contributed by atoms with Crippen molar-refractivity contribution >= 4 is 11.2 Å². The van der Waals surface area contributed by atoms with E-state index in [1.807, 2.05) is 0 Å². The molecule has 0 fully saturated rings. The topological polar surface area (TPSA) is 67.9 Å². The second-order valence-corrected chi connectivity index (χ2v) is 2.46. The number of aromatic amines is 1. The molecule has 0 aliphatic rings. The first-order valence-corrected chi connectivity index (χ1v) is 3.69. The van der Waals surface area contributed by atoms with Gasteiger partial charge in [-0.25, -0.2) is 9.97 Å². The normalized spacial score (nSPS) is 10.2. The van der Waals surface area contributed by atoms with Gasteiger partial charge < -0.3 is 9.72 Å². The van der Waals surface area contributed by atoms with Gasteiger partial charge in [-0.05, 0) is 0 Å². The number of pyridine rings is 1. The van der Waals surface area contributed by atoms with Crippen LogP contribution in [0.25, 0.3) is 11.2 Å². The Bertz CT molecular complexity index is 492. The monoisotopic (exact) mass is 177 g/mol.